The number of halogens is 2. The first kappa shape index (κ1) is 21.6. The number of hydrogen-bond acceptors (Lipinski definition) is 5. The topological polar surface area (TPSA) is 122 Å². The fraction of sp³-hybridized carbons (Fsp3) is 0.300. The first-order chi connectivity index (χ1) is 14.6. The summed E-state index contributed by atoms with van der Waals surface area (Å²) < 4.78 is 0. The minimum absolute atomic E-state index is 0.217. The zero-order chi connectivity index (χ0) is 22.5. The van der Waals surface area contributed by atoms with E-state index in [1.165, 1.54) is 24.3 Å². The molecule has 8 nitrogen and oxygen atoms in total. The Hall–Kier alpha value is -2.62. The van der Waals surface area contributed by atoms with Crippen LogP contribution in [0, 0.1) is 0 Å². The maximum absolute atomic E-state index is 13.1. The van der Waals surface area contributed by atoms with Crippen LogP contribution in [0.4, 0.5) is 9.80 Å². The summed E-state index contributed by atoms with van der Waals surface area (Å²) in [6.07, 6.45) is 2.49. The molecule has 1 fully saturated rings. The van der Waals surface area contributed by atoms with Crippen molar-refractivity contribution in [3.05, 3.63) is 49.8 Å². The molecule has 2 aromatic rings. The number of nitrogens with zero attached hydrogens (tertiary/aromatic N) is 1. The van der Waals surface area contributed by atoms with Crippen molar-refractivity contribution in [3.63, 3.8) is 0 Å². The second-order valence-electron chi connectivity index (χ2n) is 7.54. The monoisotopic (exact) mass is 480 g/mol. The summed E-state index contributed by atoms with van der Waals surface area (Å²) in [5, 5.41) is 6.18. The van der Waals surface area contributed by atoms with E-state index in [4.69, 9.17) is 28.9 Å². The smallest absolute Gasteiger partial charge is 0.325 e. The van der Waals surface area contributed by atoms with Crippen molar-refractivity contribution >= 4 is 63.3 Å². The van der Waals surface area contributed by atoms with Crippen LogP contribution in [0.2, 0.25) is 10.0 Å². The second-order valence-corrected chi connectivity index (χ2v) is 9.49. The molecule has 1 aliphatic heterocycles. The molecular weight excluding hydrogens is 463 g/mol. The Morgan fingerprint density at radius 1 is 1.29 bits per heavy atom. The van der Waals surface area contributed by atoms with Gasteiger partial charge in [0.2, 0.25) is 5.91 Å². The van der Waals surface area contributed by atoms with Gasteiger partial charge in [0.15, 0.2) is 0 Å². The summed E-state index contributed by atoms with van der Waals surface area (Å²) in [6.45, 7) is 0.988. The lowest BCUT2D eigenvalue weighted by atomic mass is 9.92. The molecule has 2 heterocycles. The number of rotatable bonds is 5. The summed E-state index contributed by atoms with van der Waals surface area (Å²) in [7, 11) is 0. The number of aryl methyl sites for hydroxylation is 1. The highest BCUT2D eigenvalue weighted by Crippen LogP contribution is 2.39. The zero-order valence-corrected chi connectivity index (χ0v) is 18.7. The maximum Gasteiger partial charge on any atom is 0.325 e. The van der Waals surface area contributed by atoms with Gasteiger partial charge in [-0.1, -0.05) is 29.3 Å². The van der Waals surface area contributed by atoms with E-state index in [0.717, 1.165) is 34.6 Å². The number of primary amides is 1. The number of carbonyl (C=O) groups is 4. The van der Waals surface area contributed by atoms with Crippen molar-refractivity contribution in [1.29, 1.82) is 0 Å². The van der Waals surface area contributed by atoms with Crippen LogP contribution >= 0.6 is 34.5 Å². The largest absolute Gasteiger partial charge is 0.365 e. The quantitative estimate of drug-likeness (QED) is 0.569. The minimum Gasteiger partial charge on any atom is -0.365 e. The maximum atomic E-state index is 13.1. The van der Waals surface area contributed by atoms with Crippen LogP contribution in [0.1, 0.15) is 39.7 Å². The average molecular weight is 481 g/mol. The lowest BCUT2D eigenvalue weighted by Crippen LogP contribution is -2.42. The van der Waals surface area contributed by atoms with Crippen LogP contribution in [-0.4, -0.2) is 35.2 Å². The van der Waals surface area contributed by atoms with Gasteiger partial charge in [-0.15, -0.1) is 11.3 Å². The predicted octanol–water partition coefficient (Wildman–Crippen LogP) is 3.05. The lowest BCUT2D eigenvalue weighted by Gasteiger charge is -2.23. The third-order valence-corrected chi connectivity index (χ3v) is 7.22. The molecule has 1 aromatic heterocycles. The van der Waals surface area contributed by atoms with Crippen molar-refractivity contribution in [2.75, 3.05) is 11.9 Å². The Bertz CT molecular complexity index is 1150. The van der Waals surface area contributed by atoms with Crippen molar-refractivity contribution in [3.8, 4) is 0 Å². The molecule has 11 heteroatoms. The van der Waals surface area contributed by atoms with Crippen molar-refractivity contribution in [2.24, 2.45) is 5.73 Å². The molecule has 162 valence electrons. The Kier molecular flexibility index (Phi) is 5.45. The molecule has 0 saturated carbocycles. The molecule has 4 rings (SSSR count). The molecule has 1 atom stereocenters. The first-order valence-electron chi connectivity index (χ1n) is 9.45. The number of thiophene rings is 1. The predicted molar refractivity (Wildman–Crippen MR) is 118 cm³/mol. The molecule has 0 unspecified atom stereocenters. The van der Waals surface area contributed by atoms with E-state index in [-0.39, 0.29) is 5.02 Å². The van der Waals surface area contributed by atoms with Gasteiger partial charge in [-0.2, -0.15) is 0 Å². The molecular formula is C20H18Cl2N4O4S. The number of anilines is 1. The fourth-order valence-corrected chi connectivity index (χ4v) is 5.89. The van der Waals surface area contributed by atoms with E-state index in [1.54, 1.807) is 12.1 Å². The van der Waals surface area contributed by atoms with E-state index < -0.39 is 35.8 Å². The van der Waals surface area contributed by atoms with Gasteiger partial charge in [0.1, 0.15) is 17.1 Å². The van der Waals surface area contributed by atoms with Gasteiger partial charge >= 0.3 is 6.03 Å². The Morgan fingerprint density at radius 2 is 2.03 bits per heavy atom. The molecule has 0 bridgehead atoms. The highest BCUT2D eigenvalue weighted by molar-refractivity contribution is 7.17. The third-order valence-electron chi connectivity index (χ3n) is 5.47. The summed E-state index contributed by atoms with van der Waals surface area (Å²) in [5.41, 5.74) is 5.60. The summed E-state index contributed by atoms with van der Waals surface area (Å²) >= 11 is 13.4. The fourth-order valence-electron chi connectivity index (χ4n) is 3.98. The number of amides is 5. The number of hydrogen-bond donors (Lipinski definition) is 3. The SMILES string of the molecule is C[C@@]1(c2ccc(Cl)cc2Cl)NC(=O)N(CC(=O)Nc2sc3c(c2C(N)=O)CCC3)C1=O. The van der Waals surface area contributed by atoms with E-state index in [2.05, 4.69) is 10.6 Å². The first-order valence-corrected chi connectivity index (χ1v) is 11.0. The van der Waals surface area contributed by atoms with E-state index in [9.17, 15) is 19.2 Å². The van der Waals surface area contributed by atoms with Crippen LogP contribution < -0.4 is 16.4 Å². The number of imide groups is 1. The molecule has 1 saturated heterocycles. The zero-order valence-electron chi connectivity index (χ0n) is 16.4. The number of benzene rings is 1. The molecule has 31 heavy (non-hydrogen) atoms. The van der Waals surface area contributed by atoms with Crippen LogP contribution in [0.25, 0.3) is 0 Å². The van der Waals surface area contributed by atoms with Gasteiger partial charge in [0.05, 0.1) is 5.56 Å². The van der Waals surface area contributed by atoms with E-state index in [0.29, 0.717) is 21.2 Å². The van der Waals surface area contributed by atoms with Crippen LogP contribution in [0.3, 0.4) is 0 Å². The van der Waals surface area contributed by atoms with E-state index >= 15 is 0 Å². The van der Waals surface area contributed by atoms with E-state index in [1.807, 2.05) is 0 Å². The summed E-state index contributed by atoms with van der Waals surface area (Å²) in [6, 6.07) is 3.86. The van der Waals surface area contributed by atoms with Gasteiger partial charge in [-0.25, -0.2) is 4.79 Å². The summed E-state index contributed by atoms with van der Waals surface area (Å²) in [4.78, 5) is 51.9. The minimum atomic E-state index is -1.44. The average Bonchev–Trinajstić information content (AvgIpc) is 3.30. The highest BCUT2D eigenvalue weighted by Gasteiger charge is 2.50. The van der Waals surface area contributed by atoms with Crippen molar-refractivity contribution in [2.45, 2.75) is 31.7 Å². The third kappa shape index (κ3) is 3.66. The van der Waals surface area contributed by atoms with Gasteiger partial charge in [0.25, 0.3) is 11.8 Å². The molecule has 0 radical (unpaired) electrons. The molecule has 2 aliphatic rings. The standard InChI is InChI=1S/C20H18Cl2N4O4S/c1-20(11-6-5-9(21)7-12(11)22)18(29)26(19(30)25-20)8-14(27)24-17-15(16(23)28)10-3-2-4-13(10)31-17/h5-7H,2-4,8H2,1H3,(H2,23,28)(H,24,27)(H,25,30)/t20-/m0/s1. The second kappa shape index (κ2) is 7.81. The Balaban J connectivity index is 1.54. The molecule has 5 amide bonds. The van der Waals surface area contributed by atoms with Gasteiger partial charge in [-0.3, -0.25) is 19.3 Å². The molecule has 0 spiro atoms. The van der Waals surface area contributed by atoms with Crippen molar-refractivity contribution < 1.29 is 19.2 Å². The van der Waals surface area contributed by atoms with Crippen LogP contribution in [-0.2, 0) is 28.0 Å². The number of nitrogens with one attached hydrogen (secondary N) is 2. The highest BCUT2D eigenvalue weighted by atomic mass is 35.5. The lowest BCUT2D eigenvalue weighted by molar-refractivity contribution is -0.133. The normalized spacial score (nSPS) is 20.0. The number of carbonyl (C=O) groups excluding carboxylic acids is 4. The van der Waals surface area contributed by atoms with Gasteiger partial charge in [-0.05, 0) is 43.9 Å². The summed E-state index contributed by atoms with van der Waals surface area (Å²) in [5.74, 6) is -1.85. The molecule has 4 N–H and O–H groups in total. The van der Waals surface area contributed by atoms with Crippen LogP contribution in [0.15, 0.2) is 18.2 Å². The van der Waals surface area contributed by atoms with Gasteiger partial charge in [0, 0.05) is 20.5 Å². The van der Waals surface area contributed by atoms with Gasteiger partial charge < -0.3 is 16.4 Å². The van der Waals surface area contributed by atoms with Crippen LogP contribution in [0.5, 0.6) is 0 Å². The Labute approximate surface area is 191 Å². The Morgan fingerprint density at radius 3 is 2.71 bits per heavy atom. The number of urea groups is 1. The molecule has 1 aliphatic carbocycles. The molecule has 1 aromatic carbocycles. The van der Waals surface area contributed by atoms with Crippen molar-refractivity contribution in [1.82, 2.24) is 10.2 Å². The number of fused-ring (bicyclic) bond motifs is 1. The number of nitrogens with two attached hydrogens (primary N) is 1.